The number of halogens is 3. The minimum atomic E-state index is -4.53. The molecule has 0 aliphatic rings. The third-order valence-corrected chi connectivity index (χ3v) is 4.01. The molecule has 0 amide bonds. The zero-order chi connectivity index (χ0) is 19.9. The highest BCUT2D eigenvalue weighted by atomic mass is 19.4. The number of phenols is 1. The number of rotatable bonds is 2. The Bertz CT molecular complexity index is 784. The Morgan fingerprint density at radius 1 is 0.885 bits per heavy atom. The summed E-state index contributed by atoms with van der Waals surface area (Å²) >= 11 is 0. The molecule has 0 aliphatic carbocycles. The summed E-state index contributed by atoms with van der Waals surface area (Å²) in [6, 6.07) is 4.52. The van der Waals surface area contributed by atoms with E-state index in [9.17, 15) is 18.3 Å². The highest BCUT2D eigenvalue weighted by molar-refractivity contribution is 5.70. The summed E-state index contributed by atoms with van der Waals surface area (Å²) in [4.78, 5) is 0. The van der Waals surface area contributed by atoms with Crippen molar-refractivity contribution in [2.45, 2.75) is 58.5 Å². The summed E-state index contributed by atoms with van der Waals surface area (Å²) in [5.41, 5.74) is 0.681. The Balaban J connectivity index is 2.48. The third-order valence-electron chi connectivity index (χ3n) is 4.01. The molecule has 2 aromatic rings. The summed E-state index contributed by atoms with van der Waals surface area (Å²) in [5.74, 6) is 0.265. The lowest BCUT2D eigenvalue weighted by molar-refractivity contribution is -0.142. The van der Waals surface area contributed by atoms with Gasteiger partial charge in [0, 0.05) is 17.2 Å². The van der Waals surface area contributed by atoms with Crippen LogP contribution in [0.1, 0.15) is 69.7 Å². The van der Waals surface area contributed by atoms with Gasteiger partial charge in [0.2, 0.25) is 0 Å². The third kappa shape index (κ3) is 4.48. The molecule has 0 unspecified atom stereocenters. The first-order valence-electron chi connectivity index (χ1n) is 8.29. The van der Waals surface area contributed by atoms with E-state index in [1.807, 2.05) is 53.7 Å². The van der Waals surface area contributed by atoms with E-state index in [1.165, 1.54) is 6.08 Å². The van der Waals surface area contributed by atoms with E-state index in [-0.39, 0.29) is 22.3 Å². The minimum Gasteiger partial charge on any atom is -0.507 e. The number of hydrogen-bond donors (Lipinski definition) is 1. The van der Waals surface area contributed by atoms with Crippen LogP contribution in [0.5, 0.6) is 5.75 Å². The van der Waals surface area contributed by atoms with Crippen molar-refractivity contribution >= 4 is 12.2 Å². The van der Waals surface area contributed by atoms with E-state index in [0.717, 1.165) is 22.8 Å². The molecule has 6 heteroatoms. The van der Waals surface area contributed by atoms with Gasteiger partial charge in [0.1, 0.15) is 5.75 Å². The van der Waals surface area contributed by atoms with Crippen LogP contribution in [-0.4, -0.2) is 10.3 Å². The van der Waals surface area contributed by atoms with Gasteiger partial charge in [-0.2, -0.15) is 13.2 Å². The average molecular weight is 367 g/mol. The van der Waals surface area contributed by atoms with Gasteiger partial charge < -0.3 is 9.63 Å². The second-order valence-electron chi connectivity index (χ2n) is 8.41. The monoisotopic (exact) mass is 367 g/mol. The van der Waals surface area contributed by atoms with Crippen molar-refractivity contribution in [1.82, 2.24) is 5.16 Å². The number of aromatic nitrogens is 1. The molecule has 0 saturated carbocycles. The Labute approximate surface area is 151 Å². The second-order valence-corrected chi connectivity index (χ2v) is 8.41. The zero-order valence-electron chi connectivity index (χ0n) is 15.8. The van der Waals surface area contributed by atoms with Gasteiger partial charge in [0.05, 0.1) is 0 Å². The molecule has 1 aromatic heterocycles. The van der Waals surface area contributed by atoms with Gasteiger partial charge in [-0.1, -0.05) is 52.8 Å². The van der Waals surface area contributed by atoms with E-state index >= 15 is 0 Å². The largest absolute Gasteiger partial charge is 0.507 e. The van der Waals surface area contributed by atoms with Gasteiger partial charge in [0.15, 0.2) is 11.5 Å². The Kier molecular flexibility index (Phi) is 5.01. The van der Waals surface area contributed by atoms with Crippen LogP contribution in [0.2, 0.25) is 0 Å². The lowest BCUT2D eigenvalue weighted by Crippen LogP contribution is -2.17. The van der Waals surface area contributed by atoms with E-state index in [0.29, 0.717) is 0 Å². The van der Waals surface area contributed by atoms with Crippen molar-refractivity contribution in [1.29, 1.82) is 0 Å². The van der Waals surface area contributed by atoms with Crippen molar-refractivity contribution in [3.8, 4) is 5.75 Å². The number of alkyl halides is 3. The highest BCUT2D eigenvalue weighted by Crippen LogP contribution is 2.40. The van der Waals surface area contributed by atoms with Crippen LogP contribution in [0, 0.1) is 0 Å². The lowest BCUT2D eigenvalue weighted by atomic mass is 9.78. The van der Waals surface area contributed by atoms with Gasteiger partial charge in [0.25, 0.3) is 0 Å². The van der Waals surface area contributed by atoms with Crippen molar-refractivity contribution < 1.29 is 22.8 Å². The quantitative estimate of drug-likeness (QED) is 0.691. The maximum absolute atomic E-state index is 12.6. The number of aromatic hydroxyl groups is 1. The molecule has 3 nitrogen and oxygen atoms in total. The van der Waals surface area contributed by atoms with E-state index in [1.54, 1.807) is 6.08 Å². The maximum atomic E-state index is 12.6. The predicted molar refractivity (Wildman–Crippen MR) is 95.9 cm³/mol. The number of benzene rings is 1. The average Bonchev–Trinajstić information content (AvgIpc) is 2.92. The van der Waals surface area contributed by atoms with Crippen LogP contribution in [0.4, 0.5) is 13.2 Å². The van der Waals surface area contributed by atoms with Crippen LogP contribution in [-0.2, 0) is 17.0 Å². The molecule has 1 N–H and O–H groups in total. The molecule has 0 atom stereocenters. The lowest BCUT2D eigenvalue weighted by Gasteiger charge is -2.27. The standard InChI is InChI=1S/C20H24F3NO2/c1-18(2,3)14-9-12(10-15(17(14)25)19(4,5)6)7-8-13-11-16(24-26-13)20(21,22)23/h7-11,25H,1-6H3/b8-7+. The zero-order valence-corrected chi connectivity index (χ0v) is 15.8. The summed E-state index contributed by atoms with van der Waals surface area (Å²) in [6.07, 6.45) is -1.44. The molecule has 2 rings (SSSR count). The Morgan fingerprint density at radius 2 is 1.38 bits per heavy atom. The minimum absolute atomic E-state index is 0.0139. The van der Waals surface area contributed by atoms with E-state index in [2.05, 4.69) is 5.16 Å². The fraction of sp³-hybridized carbons (Fsp3) is 0.450. The number of phenolic OH excluding ortho intramolecular Hbond substituents is 1. The van der Waals surface area contributed by atoms with Gasteiger partial charge in [-0.25, -0.2) is 0 Å². The molecule has 0 bridgehead atoms. The number of nitrogens with zero attached hydrogens (tertiary/aromatic N) is 1. The fourth-order valence-corrected chi connectivity index (χ4v) is 2.58. The molecule has 0 saturated heterocycles. The van der Waals surface area contributed by atoms with Crippen molar-refractivity contribution in [2.75, 3.05) is 0 Å². The van der Waals surface area contributed by atoms with Gasteiger partial charge in [-0.15, -0.1) is 0 Å². The highest BCUT2D eigenvalue weighted by Gasteiger charge is 2.34. The molecule has 0 aliphatic heterocycles. The Hall–Kier alpha value is -2.24. The predicted octanol–water partition coefficient (Wildman–Crippen LogP) is 6.16. The van der Waals surface area contributed by atoms with Crippen LogP contribution in [0.3, 0.4) is 0 Å². The van der Waals surface area contributed by atoms with Gasteiger partial charge in [-0.05, 0) is 34.6 Å². The van der Waals surface area contributed by atoms with Crippen LogP contribution < -0.4 is 0 Å². The summed E-state index contributed by atoms with van der Waals surface area (Å²) in [7, 11) is 0. The molecule has 0 radical (unpaired) electrons. The molecule has 0 fully saturated rings. The molecule has 142 valence electrons. The fourth-order valence-electron chi connectivity index (χ4n) is 2.58. The molecular weight excluding hydrogens is 343 g/mol. The second kappa shape index (κ2) is 6.49. The van der Waals surface area contributed by atoms with E-state index < -0.39 is 11.9 Å². The SMILES string of the molecule is CC(C)(C)c1cc(/C=C/c2cc(C(F)(F)F)no2)cc(C(C)(C)C)c1O. The molecule has 0 spiro atoms. The smallest absolute Gasteiger partial charge is 0.436 e. The van der Waals surface area contributed by atoms with Crippen LogP contribution in [0.15, 0.2) is 22.7 Å². The number of hydrogen-bond acceptors (Lipinski definition) is 3. The normalized spacial score (nSPS) is 13.6. The van der Waals surface area contributed by atoms with Gasteiger partial charge >= 0.3 is 6.18 Å². The van der Waals surface area contributed by atoms with Gasteiger partial charge in [-0.3, -0.25) is 0 Å². The van der Waals surface area contributed by atoms with Crippen molar-refractivity contribution in [2.24, 2.45) is 0 Å². The maximum Gasteiger partial charge on any atom is 0.436 e. The molecule has 26 heavy (non-hydrogen) atoms. The first kappa shape index (κ1) is 20.1. The molecular formula is C20H24F3NO2. The molecule has 1 aromatic carbocycles. The van der Waals surface area contributed by atoms with Crippen molar-refractivity contribution in [3.63, 3.8) is 0 Å². The summed E-state index contributed by atoms with van der Waals surface area (Å²) in [5, 5.41) is 13.7. The van der Waals surface area contributed by atoms with Crippen molar-refractivity contribution in [3.05, 3.63) is 46.3 Å². The summed E-state index contributed by atoms with van der Waals surface area (Å²) in [6.45, 7) is 12.0. The summed E-state index contributed by atoms with van der Waals surface area (Å²) < 4.78 is 42.5. The van der Waals surface area contributed by atoms with Crippen LogP contribution >= 0.6 is 0 Å². The first-order valence-corrected chi connectivity index (χ1v) is 8.29. The molecule has 1 heterocycles. The Morgan fingerprint density at radius 3 is 1.77 bits per heavy atom. The van der Waals surface area contributed by atoms with E-state index in [4.69, 9.17) is 4.52 Å². The first-order chi connectivity index (χ1) is 11.7. The van der Waals surface area contributed by atoms with Crippen LogP contribution in [0.25, 0.3) is 12.2 Å². The topological polar surface area (TPSA) is 46.3 Å².